The fraction of sp³-hybridized carbons (Fsp3) is 0.435. The van der Waals surface area contributed by atoms with E-state index >= 15 is 0 Å². The molecular formula is C23H24F2N6O. The Hall–Kier alpha value is -3.23. The molecule has 9 heteroatoms. The number of rotatable bonds is 5. The molecule has 1 amide bonds. The van der Waals surface area contributed by atoms with Gasteiger partial charge in [-0.1, -0.05) is 6.07 Å². The van der Waals surface area contributed by atoms with Gasteiger partial charge in [0.1, 0.15) is 5.82 Å². The lowest BCUT2D eigenvalue weighted by Gasteiger charge is -2.20. The number of nitrogens with one attached hydrogen (secondary N) is 1. The number of anilines is 1. The minimum absolute atomic E-state index is 0.0460. The Bertz CT molecular complexity index is 1170. The van der Waals surface area contributed by atoms with E-state index in [1.54, 1.807) is 12.5 Å². The Morgan fingerprint density at radius 1 is 1.22 bits per heavy atom. The van der Waals surface area contributed by atoms with Crippen molar-refractivity contribution in [1.82, 2.24) is 24.4 Å². The van der Waals surface area contributed by atoms with Crippen LogP contribution in [0.5, 0.6) is 0 Å². The number of carbonyl (C=O) groups excluding carboxylic acids is 1. The number of hydrogen-bond acceptors (Lipinski definition) is 4. The molecule has 3 aromatic heterocycles. The van der Waals surface area contributed by atoms with Gasteiger partial charge < -0.3 is 19.4 Å². The van der Waals surface area contributed by atoms with E-state index in [0.29, 0.717) is 25.2 Å². The quantitative estimate of drug-likeness (QED) is 0.665. The van der Waals surface area contributed by atoms with Crippen molar-refractivity contribution in [1.29, 1.82) is 0 Å². The van der Waals surface area contributed by atoms with Crippen LogP contribution in [0, 0.1) is 11.8 Å². The summed E-state index contributed by atoms with van der Waals surface area (Å²) in [6.45, 7) is 1.33. The summed E-state index contributed by atoms with van der Waals surface area (Å²) in [6.07, 6.45) is 9.06. The minimum Gasteiger partial charge on any atom is -0.356 e. The van der Waals surface area contributed by atoms with Crippen molar-refractivity contribution in [2.75, 3.05) is 18.0 Å². The number of aryl methyl sites for hydroxylation is 1. The molecule has 4 heterocycles. The van der Waals surface area contributed by atoms with E-state index in [2.05, 4.69) is 15.3 Å². The van der Waals surface area contributed by atoms with Crippen molar-refractivity contribution in [2.45, 2.75) is 31.4 Å². The van der Waals surface area contributed by atoms with Crippen LogP contribution in [0.25, 0.3) is 0 Å². The van der Waals surface area contributed by atoms with E-state index in [1.165, 1.54) is 5.69 Å². The molecule has 3 aliphatic rings. The second kappa shape index (κ2) is 6.88. The topological polar surface area (TPSA) is 68.0 Å². The minimum atomic E-state index is -2.48. The maximum Gasteiger partial charge on any atom is 0.258 e. The Balaban J connectivity index is 1.07. The fourth-order valence-electron chi connectivity index (χ4n) is 5.15. The Labute approximate surface area is 184 Å². The van der Waals surface area contributed by atoms with Crippen molar-refractivity contribution < 1.29 is 13.6 Å². The summed E-state index contributed by atoms with van der Waals surface area (Å²) in [5, 5.41) is 3.09. The van der Waals surface area contributed by atoms with Gasteiger partial charge in [0.15, 0.2) is 0 Å². The number of pyridine rings is 1. The highest BCUT2D eigenvalue weighted by molar-refractivity contribution is 5.94. The average Bonchev–Trinajstić information content (AvgIpc) is 3.41. The Kier molecular flexibility index (Phi) is 4.18. The molecule has 3 aromatic rings. The van der Waals surface area contributed by atoms with Crippen LogP contribution in [0.15, 0.2) is 43.1 Å². The van der Waals surface area contributed by atoms with Gasteiger partial charge in [-0.05, 0) is 30.5 Å². The third-order valence-corrected chi connectivity index (χ3v) is 7.11. The highest BCUT2D eigenvalue weighted by Gasteiger charge is 2.71. The number of fused-ring (bicyclic) bond motifs is 2. The van der Waals surface area contributed by atoms with Gasteiger partial charge in [-0.15, -0.1) is 0 Å². The van der Waals surface area contributed by atoms with Gasteiger partial charge in [0.25, 0.3) is 11.8 Å². The molecule has 2 aliphatic carbocycles. The Morgan fingerprint density at radius 3 is 2.78 bits per heavy atom. The molecule has 166 valence electrons. The zero-order chi connectivity index (χ0) is 22.0. The number of nitrogens with zero attached hydrogens (tertiary/aromatic N) is 5. The average molecular weight is 438 g/mol. The number of aromatic nitrogens is 4. The van der Waals surface area contributed by atoms with Crippen LogP contribution < -0.4 is 10.2 Å². The Morgan fingerprint density at radius 2 is 2.03 bits per heavy atom. The van der Waals surface area contributed by atoms with Gasteiger partial charge in [0, 0.05) is 51.0 Å². The first-order valence-corrected chi connectivity index (χ1v) is 10.9. The van der Waals surface area contributed by atoms with E-state index in [1.807, 2.05) is 51.7 Å². The normalized spacial score (nSPS) is 25.0. The van der Waals surface area contributed by atoms with Crippen molar-refractivity contribution in [2.24, 2.45) is 18.9 Å². The van der Waals surface area contributed by atoms with Crippen molar-refractivity contribution in [3.8, 4) is 0 Å². The van der Waals surface area contributed by atoms with Crippen LogP contribution in [0.2, 0.25) is 0 Å². The number of amides is 1. The molecule has 7 nitrogen and oxygen atoms in total. The van der Waals surface area contributed by atoms with Crippen LogP contribution in [0.3, 0.4) is 0 Å². The van der Waals surface area contributed by atoms with Crippen molar-refractivity contribution in [3.63, 3.8) is 0 Å². The summed E-state index contributed by atoms with van der Waals surface area (Å²) >= 11 is 0. The maximum absolute atomic E-state index is 13.4. The number of alkyl halides is 2. The van der Waals surface area contributed by atoms with Gasteiger partial charge in [-0.25, -0.2) is 18.7 Å². The molecular weight excluding hydrogens is 414 g/mol. The molecule has 1 aliphatic heterocycles. The predicted octanol–water partition coefficient (Wildman–Crippen LogP) is 2.78. The van der Waals surface area contributed by atoms with Gasteiger partial charge in [-0.2, -0.15) is 0 Å². The van der Waals surface area contributed by atoms with Crippen LogP contribution in [-0.2, 0) is 20.0 Å². The number of imidazole rings is 1. The van der Waals surface area contributed by atoms with Crippen LogP contribution in [0.4, 0.5) is 14.6 Å². The molecule has 32 heavy (non-hydrogen) atoms. The molecule has 0 radical (unpaired) electrons. The summed E-state index contributed by atoms with van der Waals surface area (Å²) in [4.78, 5) is 23.6. The highest BCUT2D eigenvalue weighted by Crippen LogP contribution is 2.59. The first-order valence-electron chi connectivity index (χ1n) is 10.9. The summed E-state index contributed by atoms with van der Waals surface area (Å²) in [7, 11) is 1.98. The molecule has 3 atom stereocenters. The van der Waals surface area contributed by atoms with E-state index in [0.717, 1.165) is 29.9 Å². The zero-order valence-electron chi connectivity index (χ0n) is 17.7. The van der Waals surface area contributed by atoms with Gasteiger partial charge in [-0.3, -0.25) is 4.79 Å². The second-order valence-electron chi connectivity index (χ2n) is 9.14. The van der Waals surface area contributed by atoms with Gasteiger partial charge in [0.2, 0.25) is 0 Å². The molecule has 2 fully saturated rings. The lowest BCUT2D eigenvalue weighted by atomic mass is 10.2. The molecule has 6 rings (SSSR count). The number of carbonyl (C=O) groups is 1. The van der Waals surface area contributed by atoms with Crippen molar-refractivity contribution >= 4 is 11.7 Å². The van der Waals surface area contributed by atoms with E-state index < -0.39 is 17.8 Å². The number of piperidine rings is 1. The monoisotopic (exact) mass is 438 g/mol. The van der Waals surface area contributed by atoms with Crippen LogP contribution >= 0.6 is 0 Å². The first-order chi connectivity index (χ1) is 15.4. The zero-order valence-corrected chi connectivity index (χ0v) is 17.7. The largest absolute Gasteiger partial charge is 0.356 e. The molecule has 0 aromatic carbocycles. The molecule has 2 unspecified atom stereocenters. The predicted molar refractivity (Wildman–Crippen MR) is 114 cm³/mol. The van der Waals surface area contributed by atoms with E-state index in [4.69, 9.17) is 0 Å². The van der Waals surface area contributed by atoms with Gasteiger partial charge >= 0.3 is 0 Å². The van der Waals surface area contributed by atoms with E-state index in [-0.39, 0.29) is 11.9 Å². The molecule has 1 N–H and O–H groups in total. The fourth-order valence-corrected chi connectivity index (χ4v) is 5.15. The summed E-state index contributed by atoms with van der Waals surface area (Å²) < 4.78 is 30.7. The number of hydrogen-bond donors (Lipinski definition) is 1. The molecule has 1 saturated carbocycles. The third-order valence-electron chi connectivity index (χ3n) is 7.11. The lowest BCUT2D eigenvalue weighted by Crippen LogP contribution is -2.28. The smallest absolute Gasteiger partial charge is 0.258 e. The van der Waals surface area contributed by atoms with Gasteiger partial charge in [0.05, 0.1) is 35.5 Å². The molecule has 1 saturated heterocycles. The maximum atomic E-state index is 13.4. The number of halogens is 2. The summed E-state index contributed by atoms with van der Waals surface area (Å²) in [6, 6.07) is 5.61. The third kappa shape index (κ3) is 3.10. The highest BCUT2D eigenvalue weighted by atomic mass is 19.3. The van der Waals surface area contributed by atoms with E-state index in [9.17, 15) is 13.6 Å². The lowest BCUT2D eigenvalue weighted by molar-refractivity contribution is 0.0796. The molecule has 0 spiro atoms. The van der Waals surface area contributed by atoms with Crippen LogP contribution in [0.1, 0.15) is 39.8 Å². The van der Waals surface area contributed by atoms with Crippen LogP contribution in [-0.4, -0.2) is 44.0 Å². The van der Waals surface area contributed by atoms with Crippen molar-refractivity contribution in [3.05, 3.63) is 65.6 Å². The SMILES string of the molecule is Cn1cnc2c1CC[C@H]2NC(=O)c1ccn(Cc2ccc(N3CC4C(C3)C4(F)F)nc2)c1. The standard InChI is InChI=1S/C23H24F2N6O/c1-29-13-27-21-18(3-4-19(21)29)28-22(32)15-6-7-30(10-15)9-14-2-5-20(26-8-14)31-11-16-17(12-31)23(16,24)25/h2,5-8,10,13,16-18H,3-4,9,11-12H2,1H3,(H,28,32)/t16?,17?,18-/m1/s1. The second-order valence-corrected chi connectivity index (χ2v) is 9.14. The summed E-state index contributed by atoms with van der Waals surface area (Å²) in [5.74, 6) is -2.87. The molecule has 0 bridgehead atoms. The first kappa shape index (κ1) is 19.5. The summed E-state index contributed by atoms with van der Waals surface area (Å²) in [5.41, 5.74) is 3.74.